The van der Waals surface area contributed by atoms with E-state index in [1.54, 1.807) is 0 Å². The highest BCUT2D eigenvalue weighted by Gasteiger charge is 2.27. The Labute approximate surface area is 56.4 Å². The first kappa shape index (κ1) is 6.81. The Morgan fingerprint density at radius 3 is 2.44 bits per heavy atom. The van der Waals surface area contributed by atoms with E-state index >= 15 is 0 Å². The highest BCUT2D eigenvalue weighted by atomic mass is 16.3. The van der Waals surface area contributed by atoms with E-state index in [0.29, 0.717) is 0 Å². The van der Waals surface area contributed by atoms with E-state index in [0.717, 1.165) is 12.8 Å². The fraction of sp³-hybridized carbons (Fsp3) is 0.750. The van der Waals surface area contributed by atoms with Crippen molar-refractivity contribution in [3.05, 3.63) is 12.2 Å². The van der Waals surface area contributed by atoms with E-state index in [9.17, 15) is 5.11 Å². The van der Waals surface area contributed by atoms with Crippen molar-refractivity contribution < 1.29 is 5.11 Å². The second kappa shape index (κ2) is 2.14. The van der Waals surface area contributed by atoms with Crippen LogP contribution in [-0.2, 0) is 0 Å². The third-order valence-electron chi connectivity index (χ3n) is 2.07. The SMILES string of the molecule is CC1(C)CC=CCC1O. The molecule has 1 atom stereocenters. The molecule has 0 heterocycles. The molecule has 0 aromatic rings. The lowest BCUT2D eigenvalue weighted by atomic mass is 9.78. The molecule has 0 aliphatic heterocycles. The normalized spacial score (nSPS) is 32.6. The Morgan fingerprint density at radius 2 is 2.11 bits per heavy atom. The highest BCUT2D eigenvalue weighted by molar-refractivity contribution is 4.98. The lowest BCUT2D eigenvalue weighted by molar-refractivity contribution is 0.0491. The van der Waals surface area contributed by atoms with E-state index in [4.69, 9.17) is 0 Å². The predicted molar refractivity (Wildman–Crippen MR) is 38.2 cm³/mol. The molecule has 0 spiro atoms. The summed E-state index contributed by atoms with van der Waals surface area (Å²) in [5.74, 6) is 0. The van der Waals surface area contributed by atoms with Gasteiger partial charge in [-0.05, 0) is 18.3 Å². The molecule has 1 aliphatic rings. The highest BCUT2D eigenvalue weighted by Crippen LogP contribution is 2.31. The first-order chi connectivity index (χ1) is 4.13. The van der Waals surface area contributed by atoms with Crippen molar-refractivity contribution in [2.75, 3.05) is 0 Å². The second-order valence-corrected chi connectivity index (χ2v) is 3.42. The molecule has 1 nitrogen and oxygen atoms in total. The van der Waals surface area contributed by atoms with Crippen LogP contribution in [0.5, 0.6) is 0 Å². The molecule has 0 fully saturated rings. The third-order valence-corrected chi connectivity index (χ3v) is 2.07. The molecule has 1 N–H and O–H groups in total. The lowest BCUT2D eigenvalue weighted by Crippen LogP contribution is -2.30. The molecule has 0 amide bonds. The van der Waals surface area contributed by atoms with Crippen LogP contribution in [0.1, 0.15) is 26.7 Å². The monoisotopic (exact) mass is 126 g/mol. The van der Waals surface area contributed by atoms with Crippen LogP contribution in [0.4, 0.5) is 0 Å². The average molecular weight is 126 g/mol. The number of rotatable bonds is 0. The van der Waals surface area contributed by atoms with Gasteiger partial charge in [0, 0.05) is 0 Å². The van der Waals surface area contributed by atoms with E-state index < -0.39 is 0 Å². The van der Waals surface area contributed by atoms with Gasteiger partial charge in [0.15, 0.2) is 0 Å². The maximum Gasteiger partial charge on any atom is 0.0628 e. The van der Waals surface area contributed by atoms with Crippen LogP contribution in [-0.4, -0.2) is 11.2 Å². The molecule has 0 aromatic heterocycles. The maximum atomic E-state index is 9.39. The molecule has 1 aliphatic carbocycles. The lowest BCUT2D eigenvalue weighted by Gasteiger charge is -2.31. The van der Waals surface area contributed by atoms with Gasteiger partial charge in [0.05, 0.1) is 6.10 Å². The van der Waals surface area contributed by atoms with Crippen LogP contribution in [0.25, 0.3) is 0 Å². The smallest absolute Gasteiger partial charge is 0.0628 e. The van der Waals surface area contributed by atoms with Crippen molar-refractivity contribution in [2.24, 2.45) is 5.41 Å². The zero-order valence-corrected chi connectivity index (χ0v) is 6.09. The summed E-state index contributed by atoms with van der Waals surface area (Å²) < 4.78 is 0. The summed E-state index contributed by atoms with van der Waals surface area (Å²) in [6.45, 7) is 4.20. The first-order valence-electron chi connectivity index (χ1n) is 3.46. The Balaban J connectivity index is 2.64. The van der Waals surface area contributed by atoms with Gasteiger partial charge < -0.3 is 5.11 Å². The van der Waals surface area contributed by atoms with E-state index in [1.165, 1.54) is 0 Å². The summed E-state index contributed by atoms with van der Waals surface area (Å²) in [7, 11) is 0. The molecule has 9 heavy (non-hydrogen) atoms. The summed E-state index contributed by atoms with van der Waals surface area (Å²) >= 11 is 0. The summed E-state index contributed by atoms with van der Waals surface area (Å²) in [6, 6.07) is 0. The quantitative estimate of drug-likeness (QED) is 0.490. The minimum atomic E-state index is -0.137. The van der Waals surface area contributed by atoms with Crippen molar-refractivity contribution >= 4 is 0 Å². The number of hydrogen-bond donors (Lipinski definition) is 1. The fourth-order valence-corrected chi connectivity index (χ4v) is 1.07. The topological polar surface area (TPSA) is 20.2 Å². The molecular weight excluding hydrogens is 112 g/mol. The summed E-state index contributed by atoms with van der Waals surface area (Å²) in [5, 5.41) is 9.39. The molecule has 0 saturated heterocycles. The molecule has 52 valence electrons. The van der Waals surface area contributed by atoms with Gasteiger partial charge in [0.25, 0.3) is 0 Å². The van der Waals surface area contributed by atoms with Crippen LogP contribution in [0, 0.1) is 5.41 Å². The van der Waals surface area contributed by atoms with E-state index in [1.807, 2.05) is 0 Å². The van der Waals surface area contributed by atoms with Crippen molar-refractivity contribution in [2.45, 2.75) is 32.8 Å². The molecule has 1 unspecified atom stereocenters. The second-order valence-electron chi connectivity index (χ2n) is 3.42. The van der Waals surface area contributed by atoms with E-state index in [-0.39, 0.29) is 11.5 Å². The van der Waals surface area contributed by atoms with Gasteiger partial charge in [0.1, 0.15) is 0 Å². The first-order valence-corrected chi connectivity index (χ1v) is 3.46. The Hall–Kier alpha value is -0.300. The Morgan fingerprint density at radius 1 is 1.44 bits per heavy atom. The fourth-order valence-electron chi connectivity index (χ4n) is 1.07. The molecule has 0 bridgehead atoms. The average Bonchev–Trinajstić information content (AvgIpc) is 1.77. The molecule has 1 rings (SSSR count). The zero-order valence-electron chi connectivity index (χ0n) is 6.09. The Bertz CT molecular complexity index is 125. The maximum absolute atomic E-state index is 9.39. The van der Waals surface area contributed by atoms with Gasteiger partial charge in [-0.25, -0.2) is 0 Å². The molecule has 0 saturated carbocycles. The van der Waals surface area contributed by atoms with Crippen molar-refractivity contribution in [3.63, 3.8) is 0 Å². The van der Waals surface area contributed by atoms with Gasteiger partial charge >= 0.3 is 0 Å². The molecular formula is C8H14O. The minimum absolute atomic E-state index is 0.106. The summed E-state index contributed by atoms with van der Waals surface area (Å²) in [6.07, 6.45) is 5.89. The van der Waals surface area contributed by atoms with Gasteiger partial charge in [-0.2, -0.15) is 0 Å². The third kappa shape index (κ3) is 1.33. The van der Waals surface area contributed by atoms with Crippen LogP contribution in [0.15, 0.2) is 12.2 Å². The van der Waals surface area contributed by atoms with Gasteiger partial charge in [-0.1, -0.05) is 26.0 Å². The van der Waals surface area contributed by atoms with Crippen LogP contribution < -0.4 is 0 Å². The van der Waals surface area contributed by atoms with Crippen LogP contribution >= 0.6 is 0 Å². The van der Waals surface area contributed by atoms with Crippen molar-refractivity contribution in [3.8, 4) is 0 Å². The number of aliphatic hydroxyl groups is 1. The van der Waals surface area contributed by atoms with Crippen LogP contribution in [0.3, 0.4) is 0 Å². The minimum Gasteiger partial charge on any atom is -0.392 e. The molecule has 0 radical (unpaired) electrons. The predicted octanol–water partition coefficient (Wildman–Crippen LogP) is 1.72. The van der Waals surface area contributed by atoms with Gasteiger partial charge in [0.2, 0.25) is 0 Å². The largest absolute Gasteiger partial charge is 0.392 e. The van der Waals surface area contributed by atoms with E-state index in [2.05, 4.69) is 26.0 Å². The Kier molecular flexibility index (Phi) is 1.62. The van der Waals surface area contributed by atoms with Crippen molar-refractivity contribution in [1.82, 2.24) is 0 Å². The standard InChI is InChI=1S/C8H14O/c1-8(2)6-4-3-5-7(8)9/h3-4,7,9H,5-6H2,1-2H3. The van der Waals surface area contributed by atoms with Gasteiger partial charge in [-0.15, -0.1) is 0 Å². The zero-order chi connectivity index (χ0) is 6.91. The molecule has 1 heteroatoms. The number of hydrogen-bond acceptors (Lipinski definition) is 1. The van der Waals surface area contributed by atoms with Crippen molar-refractivity contribution in [1.29, 1.82) is 0 Å². The molecule has 0 aromatic carbocycles. The summed E-state index contributed by atoms with van der Waals surface area (Å²) in [5.41, 5.74) is 0.106. The van der Waals surface area contributed by atoms with Gasteiger partial charge in [-0.3, -0.25) is 0 Å². The number of allylic oxidation sites excluding steroid dienone is 1. The summed E-state index contributed by atoms with van der Waals surface area (Å²) in [4.78, 5) is 0. The van der Waals surface area contributed by atoms with Crippen LogP contribution in [0.2, 0.25) is 0 Å². The number of aliphatic hydroxyl groups excluding tert-OH is 1.